The van der Waals surface area contributed by atoms with Gasteiger partial charge in [0.05, 0.1) is 11.4 Å². The largest absolute Gasteiger partial charge is 0.322 e. The first-order chi connectivity index (χ1) is 15.0. The van der Waals surface area contributed by atoms with Crippen LogP contribution >= 0.6 is 0 Å². The number of rotatable bonds is 5. The van der Waals surface area contributed by atoms with Crippen LogP contribution in [-0.2, 0) is 4.79 Å². The van der Waals surface area contributed by atoms with E-state index in [2.05, 4.69) is 10.4 Å². The zero-order chi connectivity index (χ0) is 21.8. The van der Waals surface area contributed by atoms with Crippen LogP contribution in [0, 0.1) is 19.7 Å². The molecule has 4 aromatic rings. The second-order valence-corrected chi connectivity index (χ2v) is 7.36. The van der Waals surface area contributed by atoms with E-state index in [-0.39, 0.29) is 11.7 Å². The van der Waals surface area contributed by atoms with Crippen LogP contribution in [0.1, 0.15) is 16.7 Å². The summed E-state index contributed by atoms with van der Waals surface area (Å²) in [5.74, 6) is -0.541. The minimum absolute atomic E-state index is 0.232. The fraction of sp³-hybridized carbons (Fsp3) is 0.0769. The number of nitrogens with one attached hydrogen (secondary N) is 1. The monoisotopic (exact) mass is 411 g/mol. The summed E-state index contributed by atoms with van der Waals surface area (Å²) in [5.41, 5.74) is 6.01. The highest BCUT2D eigenvalue weighted by Gasteiger charge is 2.11. The van der Waals surface area contributed by atoms with Crippen LogP contribution in [0.2, 0.25) is 0 Å². The summed E-state index contributed by atoms with van der Waals surface area (Å²) in [5, 5.41) is 7.59. The molecule has 31 heavy (non-hydrogen) atoms. The van der Waals surface area contributed by atoms with Crippen LogP contribution in [0.25, 0.3) is 23.0 Å². The van der Waals surface area contributed by atoms with Crippen molar-refractivity contribution in [1.82, 2.24) is 9.78 Å². The van der Waals surface area contributed by atoms with Crippen LogP contribution in [0.3, 0.4) is 0 Å². The molecular weight excluding hydrogens is 389 g/mol. The number of aromatic nitrogens is 2. The maximum Gasteiger partial charge on any atom is 0.248 e. The number of hydrogen-bond acceptors (Lipinski definition) is 2. The number of para-hydroxylation sites is 1. The first-order valence-electron chi connectivity index (χ1n) is 9.97. The Balaban J connectivity index is 1.65. The summed E-state index contributed by atoms with van der Waals surface area (Å²) in [6.07, 6.45) is 5.07. The first kappa shape index (κ1) is 20.3. The van der Waals surface area contributed by atoms with E-state index in [9.17, 15) is 9.18 Å². The Hall–Kier alpha value is -3.99. The van der Waals surface area contributed by atoms with Gasteiger partial charge in [-0.2, -0.15) is 5.10 Å². The number of halogens is 1. The average Bonchev–Trinajstić information content (AvgIpc) is 3.20. The van der Waals surface area contributed by atoms with Gasteiger partial charge in [0.1, 0.15) is 5.82 Å². The Bertz CT molecular complexity index is 1240. The van der Waals surface area contributed by atoms with E-state index < -0.39 is 0 Å². The van der Waals surface area contributed by atoms with E-state index in [0.29, 0.717) is 5.69 Å². The van der Waals surface area contributed by atoms with Crippen molar-refractivity contribution in [2.45, 2.75) is 13.8 Å². The van der Waals surface area contributed by atoms with E-state index in [4.69, 9.17) is 0 Å². The second-order valence-electron chi connectivity index (χ2n) is 7.36. The molecule has 0 aliphatic carbocycles. The maximum absolute atomic E-state index is 13.4. The first-order valence-corrected chi connectivity index (χ1v) is 9.97. The second kappa shape index (κ2) is 8.79. The molecule has 0 bridgehead atoms. The highest BCUT2D eigenvalue weighted by Crippen LogP contribution is 2.25. The molecule has 0 fully saturated rings. The molecule has 0 radical (unpaired) electrons. The van der Waals surface area contributed by atoms with Crippen molar-refractivity contribution < 1.29 is 9.18 Å². The summed E-state index contributed by atoms with van der Waals surface area (Å²) >= 11 is 0. The van der Waals surface area contributed by atoms with E-state index in [1.165, 1.54) is 18.2 Å². The molecule has 4 nitrogen and oxygen atoms in total. The Labute approximate surface area is 180 Å². The molecule has 0 atom stereocenters. The van der Waals surface area contributed by atoms with E-state index in [0.717, 1.165) is 33.6 Å². The molecule has 5 heteroatoms. The fourth-order valence-electron chi connectivity index (χ4n) is 3.35. The van der Waals surface area contributed by atoms with Gasteiger partial charge in [-0.1, -0.05) is 35.9 Å². The third kappa shape index (κ3) is 4.78. The van der Waals surface area contributed by atoms with Crippen molar-refractivity contribution in [1.29, 1.82) is 0 Å². The molecule has 1 N–H and O–H groups in total. The molecule has 1 aromatic heterocycles. The lowest BCUT2D eigenvalue weighted by molar-refractivity contribution is -0.111. The number of benzene rings is 3. The fourth-order valence-corrected chi connectivity index (χ4v) is 3.35. The molecule has 0 aliphatic heterocycles. The molecule has 0 saturated heterocycles. The van der Waals surface area contributed by atoms with Crippen LogP contribution < -0.4 is 5.32 Å². The number of carbonyl (C=O) groups is 1. The van der Waals surface area contributed by atoms with E-state index in [1.807, 2.05) is 68.6 Å². The van der Waals surface area contributed by atoms with E-state index in [1.54, 1.807) is 22.9 Å². The average molecular weight is 411 g/mol. The van der Waals surface area contributed by atoms with Gasteiger partial charge in [-0.15, -0.1) is 0 Å². The molecule has 154 valence electrons. The van der Waals surface area contributed by atoms with Crippen molar-refractivity contribution in [2.24, 2.45) is 0 Å². The molecule has 1 amide bonds. The number of hydrogen-bond donors (Lipinski definition) is 1. The van der Waals surface area contributed by atoms with Gasteiger partial charge in [0.15, 0.2) is 0 Å². The SMILES string of the molecule is Cc1ccc(NC(=O)C=Cc2cn(-c3ccccc3)nc2-c2ccc(F)cc2)c(C)c1. The minimum Gasteiger partial charge on any atom is -0.322 e. The van der Waals surface area contributed by atoms with Gasteiger partial charge in [0.25, 0.3) is 0 Å². The third-order valence-electron chi connectivity index (χ3n) is 4.93. The topological polar surface area (TPSA) is 46.9 Å². The Kier molecular flexibility index (Phi) is 5.76. The van der Waals surface area contributed by atoms with Crippen molar-refractivity contribution in [3.8, 4) is 16.9 Å². The number of nitrogens with zero attached hydrogens (tertiary/aromatic N) is 2. The Morgan fingerprint density at radius 3 is 2.45 bits per heavy atom. The molecule has 1 heterocycles. The van der Waals surface area contributed by atoms with Crippen molar-refractivity contribution in [2.75, 3.05) is 5.32 Å². The van der Waals surface area contributed by atoms with Gasteiger partial charge in [-0.25, -0.2) is 9.07 Å². The number of anilines is 1. The lowest BCUT2D eigenvalue weighted by Gasteiger charge is -2.07. The van der Waals surface area contributed by atoms with Crippen molar-refractivity contribution >= 4 is 17.7 Å². The van der Waals surface area contributed by atoms with Crippen LogP contribution in [0.4, 0.5) is 10.1 Å². The van der Waals surface area contributed by atoms with Crippen LogP contribution in [-0.4, -0.2) is 15.7 Å². The molecule has 4 rings (SSSR count). The Morgan fingerprint density at radius 1 is 1.00 bits per heavy atom. The van der Waals surface area contributed by atoms with Gasteiger partial charge in [0.2, 0.25) is 5.91 Å². The van der Waals surface area contributed by atoms with Gasteiger partial charge >= 0.3 is 0 Å². The van der Waals surface area contributed by atoms with Gasteiger partial charge in [-0.05, 0) is 68.0 Å². The van der Waals surface area contributed by atoms with Crippen LogP contribution in [0.15, 0.2) is 85.1 Å². The van der Waals surface area contributed by atoms with Gasteiger partial charge in [0, 0.05) is 29.1 Å². The highest BCUT2D eigenvalue weighted by molar-refractivity contribution is 6.02. The minimum atomic E-state index is -0.309. The Morgan fingerprint density at radius 2 is 1.74 bits per heavy atom. The molecule has 0 aliphatic rings. The summed E-state index contributed by atoms with van der Waals surface area (Å²) in [4.78, 5) is 12.5. The molecule has 0 saturated carbocycles. The predicted octanol–water partition coefficient (Wildman–Crippen LogP) is 5.95. The number of carbonyl (C=O) groups excluding carboxylic acids is 1. The van der Waals surface area contributed by atoms with Crippen LogP contribution in [0.5, 0.6) is 0 Å². The third-order valence-corrected chi connectivity index (χ3v) is 4.93. The molecular formula is C26H22FN3O. The lowest BCUT2D eigenvalue weighted by Crippen LogP contribution is -2.08. The zero-order valence-electron chi connectivity index (χ0n) is 17.3. The summed E-state index contributed by atoms with van der Waals surface area (Å²) in [6.45, 7) is 3.97. The maximum atomic E-state index is 13.4. The molecule has 0 unspecified atom stereocenters. The lowest BCUT2D eigenvalue weighted by atomic mass is 10.1. The number of aryl methyl sites for hydroxylation is 2. The summed E-state index contributed by atoms with van der Waals surface area (Å²) in [6, 6.07) is 21.7. The summed E-state index contributed by atoms with van der Waals surface area (Å²) < 4.78 is 15.1. The standard InChI is InChI=1S/C26H22FN3O/c1-18-8-14-24(19(2)16-18)28-25(31)15-11-21-17-30(23-6-4-3-5-7-23)29-26(21)20-9-12-22(27)13-10-20/h3-17H,1-2H3,(H,28,31). The smallest absolute Gasteiger partial charge is 0.248 e. The quantitative estimate of drug-likeness (QED) is 0.413. The predicted molar refractivity (Wildman–Crippen MR) is 123 cm³/mol. The summed E-state index contributed by atoms with van der Waals surface area (Å²) in [7, 11) is 0. The highest BCUT2D eigenvalue weighted by atomic mass is 19.1. The van der Waals surface area contributed by atoms with Crippen molar-refractivity contribution in [3.63, 3.8) is 0 Å². The molecule has 3 aromatic carbocycles. The normalized spacial score (nSPS) is 11.1. The molecule has 0 spiro atoms. The zero-order valence-corrected chi connectivity index (χ0v) is 17.3. The number of amides is 1. The van der Waals surface area contributed by atoms with Gasteiger partial charge < -0.3 is 5.32 Å². The van der Waals surface area contributed by atoms with Gasteiger partial charge in [-0.3, -0.25) is 4.79 Å². The van der Waals surface area contributed by atoms with Crippen molar-refractivity contribution in [3.05, 3.63) is 108 Å². The van der Waals surface area contributed by atoms with E-state index >= 15 is 0 Å².